The quantitative estimate of drug-likeness (QED) is 0.610. The first-order valence-electron chi connectivity index (χ1n) is 6.25. The van der Waals surface area contributed by atoms with Crippen molar-refractivity contribution in [3.63, 3.8) is 0 Å². The fourth-order valence-electron chi connectivity index (χ4n) is 2.32. The van der Waals surface area contributed by atoms with Crippen LogP contribution in [0, 0.1) is 21.4 Å². The van der Waals surface area contributed by atoms with Gasteiger partial charge in [-0.25, -0.2) is 0 Å². The number of hydrogen-bond donors (Lipinski definition) is 0. The smallest absolute Gasteiger partial charge is 0.292 e. The SMILES string of the molecule is CC(C#N)N1CCN(c2ccccc2[N+](=O)[O-])CC1. The number of nitriles is 1. The van der Waals surface area contributed by atoms with Crippen molar-refractivity contribution in [3.8, 4) is 6.07 Å². The third-order valence-electron chi connectivity index (χ3n) is 3.47. The molecule has 1 unspecified atom stereocenters. The Morgan fingerprint density at radius 1 is 1.32 bits per heavy atom. The molecule has 100 valence electrons. The maximum atomic E-state index is 11.0. The minimum atomic E-state index is -0.348. The fourth-order valence-corrected chi connectivity index (χ4v) is 2.32. The van der Waals surface area contributed by atoms with Crippen molar-refractivity contribution in [1.29, 1.82) is 5.26 Å². The van der Waals surface area contributed by atoms with Crippen LogP contribution in [0.3, 0.4) is 0 Å². The number of hydrogen-bond acceptors (Lipinski definition) is 5. The van der Waals surface area contributed by atoms with E-state index in [1.54, 1.807) is 12.1 Å². The number of nitro benzene ring substituents is 1. The Bertz CT molecular complexity index is 504. The Balaban J connectivity index is 2.10. The maximum absolute atomic E-state index is 11.0. The highest BCUT2D eigenvalue weighted by atomic mass is 16.6. The molecule has 1 aromatic carbocycles. The maximum Gasteiger partial charge on any atom is 0.292 e. The summed E-state index contributed by atoms with van der Waals surface area (Å²) in [7, 11) is 0. The lowest BCUT2D eigenvalue weighted by Crippen LogP contribution is -2.49. The van der Waals surface area contributed by atoms with Crippen molar-refractivity contribution >= 4 is 11.4 Å². The molecule has 0 radical (unpaired) electrons. The third kappa shape index (κ3) is 2.83. The van der Waals surface area contributed by atoms with Gasteiger partial charge in [-0.2, -0.15) is 5.26 Å². The highest BCUT2D eigenvalue weighted by Gasteiger charge is 2.24. The normalized spacial score (nSPS) is 17.8. The van der Waals surface area contributed by atoms with E-state index in [-0.39, 0.29) is 16.7 Å². The van der Waals surface area contributed by atoms with Gasteiger partial charge >= 0.3 is 0 Å². The minimum Gasteiger partial charge on any atom is -0.363 e. The topological polar surface area (TPSA) is 73.4 Å². The Labute approximate surface area is 112 Å². The van der Waals surface area contributed by atoms with Crippen molar-refractivity contribution in [2.24, 2.45) is 0 Å². The molecule has 1 heterocycles. The average molecular weight is 260 g/mol. The number of piperazine rings is 1. The van der Waals surface area contributed by atoms with E-state index in [9.17, 15) is 10.1 Å². The van der Waals surface area contributed by atoms with Crippen LogP contribution in [0.15, 0.2) is 24.3 Å². The zero-order chi connectivity index (χ0) is 13.8. The zero-order valence-corrected chi connectivity index (χ0v) is 10.8. The number of nitro groups is 1. The predicted molar refractivity (Wildman–Crippen MR) is 72.0 cm³/mol. The van der Waals surface area contributed by atoms with Gasteiger partial charge in [0.25, 0.3) is 5.69 Å². The molecule has 19 heavy (non-hydrogen) atoms. The Morgan fingerprint density at radius 3 is 2.53 bits per heavy atom. The molecular formula is C13H16N4O2. The number of para-hydroxylation sites is 2. The van der Waals surface area contributed by atoms with Crippen molar-refractivity contribution in [2.45, 2.75) is 13.0 Å². The number of benzene rings is 1. The summed E-state index contributed by atoms with van der Waals surface area (Å²) >= 11 is 0. The van der Waals surface area contributed by atoms with E-state index < -0.39 is 0 Å². The van der Waals surface area contributed by atoms with Crippen LogP contribution < -0.4 is 4.90 Å². The number of anilines is 1. The van der Waals surface area contributed by atoms with Gasteiger partial charge in [0.05, 0.1) is 17.0 Å². The Kier molecular flexibility index (Phi) is 3.97. The summed E-state index contributed by atoms with van der Waals surface area (Å²) in [4.78, 5) is 14.8. The number of rotatable bonds is 3. The Morgan fingerprint density at radius 2 is 1.95 bits per heavy atom. The molecule has 0 spiro atoms. The van der Waals surface area contributed by atoms with E-state index in [2.05, 4.69) is 11.0 Å². The molecule has 0 saturated carbocycles. The van der Waals surface area contributed by atoms with Gasteiger partial charge in [0.1, 0.15) is 5.69 Å². The third-order valence-corrected chi connectivity index (χ3v) is 3.47. The van der Waals surface area contributed by atoms with E-state index in [0.29, 0.717) is 18.8 Å². The fraction of sp³-hybridized carbons (Fsp3) is 0.462. The van der Waals surface area contributed by atoms with Crippen molar-refractivity contribution in [3.05, 3.63) is 34.4 Å². The summed E-state index contributed by atoms with van der Waals surface area (Å²) in [6, 6.07) is 8.91. The lowest BCUT2D eigenvalue weighted by Gasteiger charge is -2.36. The van der Waals surface area contributed by atoms with E-state index in [4.69, 9.17) is 5.26 Å². The summed E-state index contributed by atoms with van der Waals surface area (Å²) in [5, 5.41) is 19.9. The summed E-state index contributed by atoms with van der Waals surface area (Å²) < 4.78 is 0. The van der Waals surface area contributed by atoms with Crippen LogP contribution >= 0.6 is 0 Å². The van der Waals surface area contributed by atoms with Gasteiger partial charge in [-0.3, -0.25) is 15.0 Å². The molecule has 1 atom stereocenters. The van der Waals surface area contributed by atoms with Gasteiger partial charge < -0.3 is 4.90 Å². The predicted octanol–water partition coefficient (Wildman–Crippen LogP) is 1.63. The molecule has 0 N–H and O–H groups in total. The van der Waals surface area contributed by atoms with Crippen LogP contribution in [0.2, 0.25) is 0 Å². The van der Waals surface area contributed by atoms with Crippen LogP contribution in [0.4, 0.5) is 11.4 Å². The molecule has 0 bridgehead atoms. The van der Waals surface area contributed by atoms with Gasteiger partial charge in [-0.15, -0.1) is 0 Å². The van der Waals surface area contributed by atoms with E-state index >= 15 is 0 Å². The molecule has 6 heteroatoms. The second-order valence-corrected chi connectivity index (χ2v) is 4.57. The first-order valence-corrected chi connectivity index (χ1v) is 6.25. The van der Waals surface area contributed by atoms with Gasteiger partial charge in [-0.05, 0) is 13.0 Å². The van der Waals surface area contributed by atoms with Gasteiger partial charge in [-0.1, -0.05) is 12.1 Å². The minimum absolute atomic E-state index is 0.104. The van der Waals surface area contributed by atoms with Gasteiger partial charge in [0, 0.05) is 32.2 Å². The summed E-state index contributed by atoms with van der Waals surface area (Å²) in [6.45, 7) is 4.79. The summed E-state index contributed by atoms with van der Waals surface area (Å²) in [5.74, 6) is 0. The van der Waals surface area contributed by atoms with Crippen molar-refractivity contribution < 1.29 is 4.92 Å². The monoisotopic (exact) mass is 260 g/mol. The van der Waals surface area contributed by atoms with Crippen LogP contribution in [0.5, 0.6) is 0 Å². The molecule has 0 aliphatic carbocycles. The molecule has 0 aromatic heterocycles. The Hall–Kier alpha value is -2.13. The second-order valence-electron chi connectivity index (χ2n) is 4.57. The summed E-state index contributed by atoms with van der Waals surface area (Å²) in [5.41, 5.74) is 0.807. The van der Waals surface area contributed by atoms with Gasteiger partial charge in [0.15, 0.2) is 0 Å². The highest BCUT2D eigenvalue weighted by Crippen LogP contribution is 2.28. The van der Waals surface area contributed by atoms with Crippen molar-refractivity contribution in [1.82, 2.24) is 4.90 Å². The largest absolute Gasteiger partial charge is 0.363 e. The molecule has 1 aliphatic heterocycles. The zero-order valence-electron chi connectivity index (χ0n) is 10.8. The molecule has 1 fully saturated rings. The summed E-state index contributed by atoms with van der Waals surface area (Å²) in [6.07, 6.45) is 0. The van der Waals surface area contributed by atoms with E-state index in [0.717, 1.165) is 13.1 Å². The molecule has 1 aromatic rings. The van der Waals surface area contributed by atoms with Gasteiger partial charge in [0.2, 0.25) is 0 Å². The number of nitrogens with zero attached hydrogens (tertiary/aromatic N) is 4. The second kappa shape index (κ2) is 5.67. The van der Waals surface area contributed by atoms with Crippen LogP contribution in [-0.2, 0) is 0 Å². The lowest BCUT2D eigenvalue weighted by atomic mass is 10.2. The highest BCUT2D eigenvalue weighted by molar-refractivity contribution is 5.63. The van der Waals surface area contributed by atoms with E-state index in [1.807, 2.05) is 17.9 Å². The molecule has 0 amide bonds. The average Bonchev–Trinajstić information content (AvgIpc) is 2.46. The van der Waals surface area contributed by atoms with Crippen LogP contribution in [0.1, 0.15) is 6.92 Å². The van der Waals surface area contributed by atoms with Crippen molar-refractivity contribution in [2.75, 3.05) is 31.1 Å². The first kappa shape index (κ1) is 13.3. The van der Waals surface area contributed by atoms with E-state index in [1.165, 1.54) is 6.07 Å². The standard InChI is InChI=1S/C13H16N4O2/c1-11(10-14)15-6-8-16(9-7-15)12-4-2-3-5-13(12)17(18)19/h2-5,11H,6-9H2,1H3. The lowest BCUT2D eigenvalue weighted by molar-refractivity contribution is -0.384. The van der Waals surface area contributed by atoms with Crippen LogP contribution in [0.25, 0.3) is 0 Å². The molecule has 1 saturated heterocycles. The molecule has 1 aliphatic rings. The molecular weight excluding hydrogens is 244 g/mol. The molecule has 6 nitrogen and oxygen atoms in total. The first-order chi connectivity index (χ1) is 9.13. The molecule has 2 rings (SSSR count). The van der Waals surface area contributed by atoms with Crippen LogP contribution in [-0.4, -0.2) is 42.0 Å².